The monoisotopic (exact) mass is 324 g/mol. The highest BCUT2D eigenvalue weighted by Gasteiger charge is 2.30. The lowest BCUT2D eigenvalue weighted by molar-refractivity contribution is -0.122. The first-order valence-corrected chi connectivity index (χ1v) is 7.69. The Morgan fingerprint density at radius 1 is 1.42 bits per heavy atom. The van der Waals surface area contributed by atoms with Crippen LogP contribution in [0.15, 0.2) is 22.7 Å². The van der Waals surface area contributed by atoms with Crippen molar-refractivity contribution in [3.8, 4) is 0 Å². The average Bonchev–Trinajstić information content (AvgIpc) is 2.43. The Hall–Kier alpha value is -0.870. The molecule has 1 aliphatic carbocycles. The smallest absolute Gasteiger partial charge is 0.227 e. The van der Waals surface area contributed by atoms with E-state index in [1.165, 1.54) is 6.42 Å². The van der Waals surface area contributed by atoms with Crippen molar-refractivity contribution < 1.29 is 4.79 Å². The van der Waals surface area contributed by atoms with Crippen LogP contribution >= 0.6 is 15.9 Å². The predicted molar refractivity (Wildman–Crippen MR) is 82.0 cm³/mol. The van der Waals surface area contributed by atoms with Crippen molar-refractivity contribution in [2.45, 2.75) is 32.6 Å². The minimum Gasteiger partial charge on any atom is -0.330 e. The molecule has 0 spiro atoms. The Morgan fingerprint density at radius 3 is 2.89 bits per heavy atom. The van der Waals surface area contributed by atoms with Gasteiger partial charge in [0.25, 0.3) is 0 Å². The summed E-state index contributed by atoms with van der Waals surface area (Å²) >= 11 is 3.53. The molecule has 0 aromatic heterocycles. The van der Waals surface area contributed by atoms with E-state index in [1.54, 1.807) is 0 Å². The van der Waals surface area contributed by atoms with Gasteiger partial charge in [0.05, 0.1) is 5.69 Å². The van der Waals surface area contributed by atoms with E-state index >= 15 is 0 Å². The van der Waals surface area contributed by atoms with Gasteiger partial charge in [0.2, 0.25) is 5.91 Å². The van der Waals surface area contributed by atoms with Crippen molar-refractivity contribution in [3.63, 3.8) is 0 Å². The molecule has 3 nitrogen and oxygen atoms in total. The fraction of sp³-hybridized carbons (Fsp3) is 0.533. The highest BCUT2D eigenvalue weighted by Crippen LogP contribution is 2.32. The van der Waals surface area contributed by atoms with E-state index in [0.29, 0.717) is 12.5 Å². The van der Waals surface area contributed by atoms with E-state index in [0.717, 1.165) is 35.0 Å². The molecule has 4 heteroatoms. The average molecular weight is 325 g/mol. The third-order valence-corrected chi connectivity index (χ3v) is 5.05. The molecule has 104 valence electrons. The Labute approximate surface area is 123 Å². The molecule has 0 radical (unpaired) electrons. The lowest BCUT2D eigenvalue weighted by atomic mass is 9.78. The van der Waals surface area contributed by atoms with Gasteiger partial charge in [-0.05, 0) is 59.8 Å². The predicted octanol–water partition coefficient (Wildman–Crippen LogP) is 3.46. The number of carbonyl (C=O) groups excluding carboxylic acids is 1. The first-order chi connectivity index (χ1) is 9.13. The number of aryl methyl sites for hydroxylation is 1. The van der Waals surface area contributed by atoms with Crippen molar-refractivity contribution in [2.24, 2.45) is 17.6 Å². The van der Waals surface area contributed by atoms with Gasteiger partial charge in [-0.25, -0.2) is 0 Å². The van der Waals surface area contributed by atoms with Crippen LogP contribution in [0.4, 0.5) is 5.69 Å². The molecule has 2 atom stereocenters. The number of hydrogen-bond donors (Lipinski definition) is 2. The molecule has 0 heterocycles. The van der Waals surface area contributed by atoms with Crippen LogP contribution in [-0.4, -0.2) is 12.5 Å². The minimum absolute atomic E-state index is 0.0613. The lowest BCUT2D eigenvalue weighted by Crippen LogP contribution is -2.35. The third kappa shape index (κ3) is 3.37. The summed E-state index contributed by atoms with van der Waals surface area (Å²) in [4.78, 5) is 12.4. The van der Waals surface area contributed by atoms with Crippen LogP contribution < -0.4 is 11.1 Å². The van der Waals surface area contributed by atoms with Crippen LogP contribution in [0, 0.1) is 18.8 Å². The fourth-order valence-corrected chi connectivity index (χ4v) is 3.17. The molecule has 3 N–H and O–H groups in total. The fourth-order valence-electron chi connectivity index (χ4n) is 2.80. The van der Waals surface area contributed by atoms with Gasteiger partial charge < -0.3 is 11.1 Å². The zero-order valence-electron chi connectivity index (χ0n) is 11.3. The highest BCUT2D eigenvalue weighted by molar-refractivity contribution is 9.10. The van der Waals surface area contributed by atoms with Crippen molar-refractivity contribution in [1.29, 1.82) is 0 Å². The molecule has 19 heavy (non-hydrogen) atoms. The number of hydrogen-bond acceptors (Lipinski definition) is 2. The summed E-state index contributed by atoms with van der Waals surface area (Å²) in [6.45, 7) is 2.62. The Bertz CT molecular complexity index is 461. The van der Waals surface area contributed by atoms with Crippen molar-refractivity contribution >= 4 is 27.5 Å². The first-order valence-electron chi connectivity index (χ1n) is 6.89. The number of halogens is 1. The van der Waals surface area contributed by atoms with Gasteiger partial charge in [-0.3, -0.25) is 4.79 Å². The van der Waals surface area contributed by atoms with E-state index < -0.39 is 0 Å². The molecule has 2 unspecified atom stereocenters. The number of carbonyl (C=O) groups is 1. The summed E-state index contributed by atoms with van der Waals surface area (Å²) in [5, 5.41) is 3.04. The molecular formula is C15H21BrN2O. The molecule has 1 fully saturated rings. The number of nitrogens with two attached hydrogens (primary N) is 1. The molecule has 0 aliphatic heterocycles. The van der Waals surface area contributed by atoms with Crippen LogP contribution in [0.5, 0.6) is 0 Å². The van der Waals surface area contributed by atoms with Gasteiger partial charge >= 0.3 is 0 Å². The van der Waals surface area contributed by atoms with E-state index in [1.807, 2.05) is 25.1 Å². The lowest BCUT2D eigenvalue weighted by Gasteiger charge is -2.29. The van der Waals surface area contributed by atoms with Gasteiger partial charge in [-0.1, -0.05) is 25.0 Å². The van der Waals surface area contributed by atoms with Crippen molar-refractivity contribution in [1.82, 2.24) is 0 Å². The summed E-state index contributed by atoms with van der Waals surface area (Å²) in [7, 11) is 0. The second kappa shape index (κ2) is 6.53. The van der Waals surface area contributed by atoms with E-state index in [9.17, 15) is 4.79 Å². The van der Waals surface area contributed by atoms with E-state index in [-0.39, 0.29) is 11.8 Å². The summed E-state index contributed by atoms with van der Waals surface area (Å²) in [6, 6.07) is 5.90. The number of anilines is 1. The molecule has 1 amide bonds. The number of benzene rings is 1. The quantitative estimate of drug-likeness (QED) is 0.894. The molecule has 0 bridgehead atoms. The summed E-state index contributed by atoms with van der Waals surface area (Å²) < 4.78 is 0.962. The molecule has 2 rings (SSSR count). The zero-order valence-corrected chi connectivity index (χ0v) is 12.9. The largest absolute Gasteiger partial charge is 0.330 e. The summed E-state index contributed by atoms with van der Waals surface area (Å²) in [5.41, 5.74) is 7.76. The van der Waals surface area contributed by atoms with Crippen LogP contribution in [0.3, 0.4) is 0 Å². The standard InChI is InChI=1S/C15H21BrN2O/c1-10-5-4-8-13(14(10)16)18-15(19)12-7-3-2-6-11(12)9-17/h4-5,8,11-12H,2-3,6-7,9,17H2,1H3,(H,18,19). The summed E-state index contributed by atoms with van der Waals surface area (Å²) in [6.07, 6.45) is 4.35. The topological polar surface area (TPSA) is 55.1 Å². The second-order valence-electron chi connectivity index (χ2n) is 5.31. The second-order valence-corrected chi connectivity index (χ2v) is 6.11. The normalized spacial score (nSPS) is 23.1. The maximum Gasteiger partial charge on any atom is 0.227 e. The number of nitrogens with one attached hydrogen (secondary N) is 1. The van der Waals surface area contributed by atoms with Crippen LogP contribution in [0.25, 0.3) is 0 Å². The van der Waals surface area contributed by atoms with Gasteiger partial charge in [0, 0.05) is 10.4 Å². The van der Waals surface area contributed by atoms with Gasteiger partial charge in [0.1, 0.15) is 0 Å². The van der Waals surface area contributed by atoms with Crippen molar-refractivity contribution in [3.05, 3.63) is 28.2 Å². The molecule has 0 saturated heterocycles. The van der Waals surface area contributed by atoms with E-state index in [4.69, 9.17) is 5.73 Å². The minimum atomic E-state index is 0.0613. The van der Waals surface area contributed by atoms with Crippen molar-refractivity contribution in [2.75, 3.05) is 11.9 Å². The zero-order chi connectivity index (χ0) is 13.8. The highest BCUT2D eigenvalue weighted by atomic mass is 79.9. The Morgan fingerprint density at radius 2 is 2.16 bits per heavy atom. The third-order valence-electron chi connectivity index (χ3n) is 4.00. The molecule has 1 aliphatic rings. The molecule has 1 aromatic carbocycles. The first kappa shape index (κ1) is 14.5. The number of amides is 1. The van der Waals surface area contributed by atoms with Gasteiger partial charge in [-0.15, -0.1) is 0 Å². The maximum absolute atomic E-state index is 12.4. The summed E-state index contributed by atoms with van der Waals surface area (Å²) in [5.74, 6) is 0.505. The molecular weight excluding hydrogens is 304 g/mol. The Kier molecular flexibility index (Phi) is 4.99. The van der Waals surface area contributed by atoms with E-state index in [2.05, 4.69) is 21.2 Å². The van der Waals surface area contributed by atoms with Gasteiger partial charge in [0.15, 0.2) is 0 Å². The number of rotatable bonds is 3. The molecule has 1 saturated carbocycles. The Balaban J connectivity index is 2.09. The van der Waals surface area contributed by atoms with Gasteiger partial charge in [-0.2, -0.15) is 0 Å². The van der Waals surface area contributed by atoms with Crippen LogP contribution in [0.1, 0.15) is 31.2 Å². The maximum atomic E-state index is 12.4. The SMILES string of the molecule is Cc1cccc(NC(=O)C2CCCCC2CN)c1Br. The van der Waals surface area contributed by atoms with Crippen LogP contribution in [0.2, 0.25) is 0 Å². The molecule has 1 aromatic rings. The van der Waals surface area contributed by atoms with Crippen LogP contribution in [-0.2, 0) is 4.79 Å².